The number of nitrogens with one attached hydrogen (secondary N) is 2. The number of aliphatic imine (C=N–C) groups is 1. The molecule has 0 aliphatic carbocycles. The summed E-state index contributed by atoms with van der Waals surface area (Å²) in [7, 11) is 0. The highest BCUT2D eigenvalue weighted by atomic mass is 127. The van der Waals surface area contributed by atoms with E-state index in [0.29, 0.717) is 11.6 Å². The van der Waals surface area contributed by atoms with Crippen LogP contribution in [0.25, 0.3) is 0 Å². The van der Waals surface area contributed by atoms with Crippen molar-refractivity contribution in [1.29, 1.82) is 0 Å². The lowest BCUT2D eigenvalue weighted by Gasteiger charge is -2.12. The molecule has 0 aliphatic heterocycles. The minimum atomic E-state index is -0.304. The Kier molecular flexibility index (Phi) is 14.0. The van der Waals surface area contributed by atoms with Gasteiger partial charge in [0.2, 0.25) is 0 Å². The Hall–Kier alpha value is -0.210. The molecule has 0 radical (unpaired) electrons. The summed E-state index contributed by atoms with van der Waals surface area (Å²) in [4.78, 5) is 4.55. The van der Waals surface area contributed by atoms with Gasteiger partial charge in [-0.3, -0.25) is 4.99 Å². The number of halogens is 3. The number of rotatable bonds is 9. The Morgan fingerprint density at radius 2 is 2.09 bits per heavy atom. The van der Waals surface area contributed by atoms with Gasteiger partial charge in [-0.1, -0.05) is 17.7 Å². The van der Waals surface area contributed by atoms with E-state index in [1.165, 1.54) is 24.3 Å². The van der Waals surface area contributed by atoms with Crippen LogP contribution in [-0.4, -0.2) is 37.6 Å². The van der Waals surface area contributed by atoms with Gasteiger partial charge in [0.1, 0.15) is 5.82 Å². The number of guanidine groups is 1. The Morgan fingerprint density at radius 3 is 2.74 bits per heavy atom. The van der Waals surface area contributed by atoms with Crippen LogP contribution >= 0.6 is 47.3 Å². The Bertz CT molecular complexity index is 475. The van der Waals surface area contributed by atoms with E-state index in [2.05, 4.69) is 21.9 Å². The second-order valence-electron chi connectivity index (χ2n) is 4.87. The highest BCUT2D eigenvalue weighted by molar-refractivity contribution is 14.0. The summed E-state index contributed by atoms with van der Waals surface area (Å²) < 4.78 is 13.0. The van der Waals surface area contributed by atoms with Crippen LogP contribution < -0.4 is 10.6 Å². The second-order valence-corrected chi connectivity index (χ2v) is 6.27. The molecule has 1 aromatic carbocycles. The average Bonchev–Trinajstić information content (AvgIpc) is 2.49. The standard InChI is InChI=1S/C16H25ClFN3S.HI/c1-3-19-16(20-9-4-5-11-22-2)21-10-8-13-6-7-14(18)12-15(13)17;/h6-7,12H,3-5,8-11H2,1-2H3,(H2,19,20,21);1H. The zero-order valence-electron chi connectivity index (χ0n) is 13.7. The summed E-state index contributed by atoms with van der Waals surface area (Å²) >= 11 is 7.89. The van der Waals surface area contributed by atoms with Gasteiger partial charge in [0.05, 0.1) is 0 Å². The van der Waals surface area contributed by atoms with Crippen molar-refractivity contribution in [3.05, 3.63) is 34.6 Å². The van der Waals surface area contributed by atoms with Crippen LogP contribution in [0.1, 0.15) is 25.3 Å². The fraction of sp³-hybridized carbons (Fsp3) is 0.562. The smallest absolute Gasteiger partial charge is 0.191 e. The third-order valence-corrected chi connectivity index (χ3v) is 4.12. The molecule has 3 nitrogen and oxygen atoms in total. The van der Waals surface area contributed by atoms with Crippen LogP contribution in [-0.2, 0) is 6.42 Å². The zero-order valence-corrected chi connectivity index (χ0v) is 17.6. The van der Waals surface area contributed by atoms with Crippen molar-refractivity contribution in [3.63, 3.8) is 0 Å². The molecule has 7 heteroatoms. The molecule has 0 fully saturated rings. The zero-order chi connectivity index (χ0) is 16.2. The van der Waals surface area contributed by atoms with E-state index in [-0.39, 0.29) is 29.8 Å². The van der Waals surface area contributed by atoms with Gasteiger partial charge in [-0.2, -0.15) is 11.8 Å². The minimum Gasteiger partial charge on any atom is -0.357 e. The van der Waals surface area contributed by atoms with Gasteiger partial charge < -0.3 is 10.6 Å². The molecule has 0 saturated heterocycles. The monoisotopic (exact) mass is 473 g/mol. The lowest BCUT2D eigenvalue weighted by Crippen LogP contribution is -2.38. The predicted octanol–water partition coefficient (Wildman–Crippen LogP) is 4.34. The SMILES string of the molecule is CCNC(=NCCCCSC)NCCc1ccc(F)cc1Cl.I. The molecule has 0 amide bonds. The Labute approximate surface area is 165 Å². The number of hydrogen-bond acceptors (Lipinski definition) is 2. The molecule has 2 N–H and O–H groups in total. The number of thioether (sulfide) groups is 1. The van der Waals surface area contributed by atoms with Crippen LogP contribution in [0.5, 0.6) is 0 Å². The van der Waals surface area contributed by atoms with Crippen molar-refractivity contribution in [3.8, 4) is 0 Å². The molecular weight excluding hydrogens is 448 g/mol. The lowest BCUT2D eigenvalue weighted by molar-refractivity contribution is 0.627. The second kappa shape index (κ2) is 14.2. The molecule has 0 aromatic heterocycles. The normalized spacial score (nSPS) is 11.0. The fourth-order valence-electron chi connectivity index (χ4n) is 1.93. The molecule has 0 heterocycles. The van der Waals surface area contributed by atoms with Gasteiger partial charge in [-0.25, -0.2) is 4.39 Å². The Balaban J connectivity index is 0.00000484. The van der Waals surface area contributed by atoms with Crippen LogP contribution in [0, 0.1) is 5.82 Å². The van der Waals surface area contributed by atoms with Crippen molar-refractivity contribution in [1.82, 2.24) is 10.6 Å². The summed E-state index contributed by atoms with van der Waals surface area (Å²) in [5.74, 6) is 1.70. The largest absolute Gasteiger partial charge is 0.357 e. The summed E-state index contributed by atoms with van der Waals surface area (Å²) in [5, 5.41) is 6.98. The number of nitrogens with zero attached hydrogens (tertiary/aromatic N) is 1. The average molecular weight is 474 g/mol. The molecule has 0 unspecified atom stereocenters. The van der Waals surface area contributed by atoms with Crippen molar-refractivity contribution >= 4 is 53.3 Å². The summed E-state index contributed by atoms with van der Waals surface area (Å²) in [5.41, 5.74) is 0.936. The summed E-state index contributed by atoms with van der Waals surface area (Å²) in [6, 6.07) is 4.51. The topological polar surface area (TPSA) is 36.4 Å². The van der Waals surface area contributed by atoms with E-state index in [1.54, 1.807) is 6.07 Å². The summed E-state index contributed by atoms with van der Waals surface area (Å²) in [6.07, 6.45) is 5.14. The minimum absolute atomic E-state index is 0. The van der Waals surface area contributed by atoms with Crippen LogP contribution in [0.2, 0.25) is 5.02 Å². The first-order chi connectivity index (χ1) is 10.7. The van der Waals surface area contributed by atoms with Crippen LogP contribution in [0.4, 0.5) is 4.39 Å². The third kappa shape index (κ3) is 10.3. The first-order valence-electron chi connectivity index (χ1n) is 7.62. The Morgan fingerprint density at radius 1 is 1.30 bits per heavy atom. The van der Waals surface area contributed by atoms with E-state index >= 15 is 0 Å². The van der Waals surface area contributed by atoms with Crippen molar-refractivity contribution in [2.45, 2.75) is 26.2 Å². The van der Waals surface area contributed by atoms with E-state index < -0.39 is 0 Å². The maximum absolute atomic E-state index is 13.0. The highest BCUT2D eigenvalue weighted by Gasteiger charge is 2.03. The van der Waals surface area contributed by atoms with E-state index in [4.69, 9.17) is 11.6 Å². The molecule has 132 valence electrons. The van der Waals surface area contributed by atoms with Crippen LogP contribution in [0.3, 0.4) is 0 Å². The first kappa shape index (κ1) is 22.8. The van der Waals surface area contributed by atoms with Crippen LogP contribution in [0.15, 0.2) is 23.2 Å². The third-order valence-electron chi connectivity index (χ3n) is 3.07. The molecule has 23 heavy (non-hydrogen) atoms. The summed E-state index contributed by atoms with van der Waals surface area (Å²) in [6.45, 7) is 4.41. The number of hydrogen-bond donors (Lipinski definition) is 2. The first-order valence-corrected chi connectivity index (χ1v) is 9.39. The maximum Gasteiger partial charge on any atom is 0.191 e. The molecule has 1 rings (SSSR count). The molecule has 0 aliphatic rings. The van der Waals surface area contributed by atoms with Gasteiger partial charge in [-0.15, -0.1) is 24.0 Å². The molecule has 0 spiro atoms. The molecule has 1 aromatic rings. The van der Waals surface area contributed by atoms with E-state index in [1.807, 2.05) is 18.7 Å². The van der Waals surface area contributed by atoms with Crippen molar-refractivity contribution in [2.24, 2.45) is 4.99 Å². The molecular formula is C16H26ClFIN3S. The lowest BCUT2D eigenvalue weighted by atomic mass is 10.1. The van der Waals surface area contributed by atoms with Crippen molar-refractivity contribution < 1.29 is 4.39 Å². The fourth-order valence-corrected chi connectivity index (χ4v) is 2.69. The van der Waals surface area contributed by atoms with Gasteiger partial charge in [0, 0.05) is 24.7 Å². The van der Waals surface area contributed by atoms with E-state index in [9.17, 15) is 4.39 Å². The number of unbranched alkanes of at least 4 members (excludes halogenated alkanes) is 1. The van der Waals surface area contributed by atoms with Gasteiger partial charge in [-0.05, 0) is 55.9 Å². The van der Waals surface area contributed by atoms with Crippen molar-refractivity contribution in [2.75, 3.05) is 31.6 Å². The number of benzene rings is 1. The van der Waals surface area contributed by atoms with Gasteiger partial charge >= 0.3 is 0 Å². The molecule has 0 saturated carbocycles. The molecule has 0 bridgehead atoms. The van der Waals surface area contributed by atoms with E-state index in [0.717, 1.165) is 37.5 Å². The van der Waals surface area contributed by atoms with Gasteiger partial charge in [0.25, 0.3) is 0 Å². The molecule has 0 atom stereocenters. The highest BCUT2D eigenvalue weighted by Crippen LogP contribution is 2.17. The van der Waals surface area contributed by atoms with Gasteiger partial charge in [0.15, 0.2) is 5.96 Å². The quantitative estimate of drug-likeness (QED) is 0.242. The maximum atomic E-state index is 13.0. The predicted molar refractivity (Wildman–Crippen MR) is 112 cm³/mol.